The fourth-order valence-electron chi connectivity index (χ4n) is 0.702. The van der Waals surface area contributed by atoms with Gasteiger partial charge in [0.15, 0.2) is 0 Å². The van der Waals surface area contributed by atoms with Gasteiger partial charge in [0.1, 0.15) is 0 Å². The Hall–Kier alpha value is -1.26. The van der Waals surface area contributed by atoms with Crippen LogP contribution in [0.4, 0.5) is 5.69 Å². The lowest BCUT2D eigenvalue weighted by Crippen LogP contribution is -2.07. The van der Waals surface area contributed by atoms with Crippen molar-refractivity contribution in [3.63, 3.8) is 0 Å². The fraction of sp³-hybridized carbons (Fsp3) is 0.455. The first kappa shape index (κ1) is 13.7. The largest absolute Gasteiger partial charge is 0.252 e. The highest BCUT2D eigenvalue weighted by molar-refractivity contribution is 5.34. The van der Waals surface area contributed by atoms with Crippen molar-refractivity contribution in [2.75, 3.05) is 7.11 Å². The first-order valence-corrected chi connectivity index (χ1v) is 4.65. The van der Waals surface area contributed by atoms with Gasteiger partial charge < -0.3 is 0 Å². The van der Waals surface area contributed by atoms with E-state index in [0.717, 1.165) is 5.69 Å². The van der Waals surface area contributed by atoms with E-state index < -0.39 is 0 Å². The predicted octanol–water partition coefficient (Wildman–Crippen LogP) is 3.67. The maximum Gasteiger partial charge on any atom is 0.0852 e. The molecule has 15 heavy (non-hydrogen) atoms. The third kappa shape index (κ3) is 9.05. The summed E-state index contributed by atoms with van der Waals surface area (Å²) < 4.78 is 0. The van der Waals surface area contributed by atoms with Gasteiger partial charge in [-0.15, -0.1) is 0 Å². The molecule has 1 rings (SSSR count). The molecule has 0 aliphatic heterocycles. The molecule has 0 fully saturated rings. The van der Waals surface area contributed by atoms with Crippen molar-refractivity contribution in [1.29, 1.82) is 0 Å². The second-order valence-corrected chi connectivity index (χ2v) is 3.89. The van der Waals surface area contributed by atoms with Gasteiger partial charge in [0, 0.05) is 0 Å². The molecule has 0 radical (unpaired) electrons. The van der Waals surface area contributed by atoms with Gasteiger partial charge in [0.25, 0.3) is 0 Å². The molecule has 0 saturated heterocycles. The zero-order valence-electron chi connectivity index (χ0n) is 9.64. The minimum absolute atomic E-state index is 0.0875. The van der Waals surface area contributed by atoms with Crippen molar-refractivity contribution < 1.29 is 10.1 Å². The second-order valence-electron chi connectivity index (χ2n) is 3.89. The average molecular weight is 210 g/mol. The number of nitrogens with zero attached hydrogens (tertiary/aromatic N) is 2. The Labute approximate surface area is 90.5 Å². The lowest BCUT2D eigenvalue weighted by atomic mass is 10.1. The van der Waals surface area contributed by atoms with E-state index in [1.807, 2.05) is 51.1 Å². The molecule has 0 saturated carbocycles. The van der Waals surface area contributed by atoms with Crippen LogP contribution in [0.1, 0.15) is 20.8 Å². The molecule has 1 N–H and O–H groups in total. The first-order chi connectivity index (χ1) is 6.99. The van der Waals surface area contributed by atoms with Crippen LogP contribution in [-0.4, -0.2) is 17.9 Å². The molecule has 1 aromatic carbocycles. The van der Waals surface area contributed by atoms with Crippen LogP contribution in [0.15, 0.2) is 40.6 Å². The maximum absolute atomic E-state index is 7.07. The van der Waals surface area contributed by atoms with E-state index in [2.05, 4.69) is 15.1 Å². The Morgan fingerprint density at radius 3 is 2.00 bits per heavy atom. The van der Waals surface area contributed by atoms with Gasteiger partial charge in [-0.05, 0) is 32.9 Å². The van der Waals surface area contributed by atoms with Gasteiger partial charge in [0.05, 0.1) is 18.3 Å². The highest BCUT2D eigenvalue weighted by Gasteiger charge is 2.05. The Kier molecular flexibility index (Phi) is 6.49. The number of benzene rings is 1. The number of rotatable bonds is 1. The van der Waals surface area contributed by atoms with Gasteiger partial charge in [-0.25, -0.2) is 4.89 Å². The van der Waals surface area contributed by atoms with Crippen LogP contribution in [0.3, 0.4) is 0 Å². The van der Waals surface area contributed by atoms with Crippen molar-refractivity contribution in [3.05, 3.63) is 30.3 Å². The first-order valence-electron chi connectivity index (χ1n) is 4.65. The van der Waals surface area contributed by atoms with Crippen molar-refractivity contribution >= 4 is 5.69 Å². The molecular weight excluding hydrogens is 192 g/mol. The minimum atomic E-state index is -0.0875. The highest BCUT2D eigenvalue weighted by Crippen LogP contribution is 2.15. The zero-order valence-corrected chi connectivity index (χ0v) is 9.64. The van der Waals surface area contributed by atoms with E-state index in [0.29, 0.717) is 0 Å². The highest BCUT2D eigenvalue weighted by atomic mass is 17.1. The maximum atomic E-state index is 7.07. The molecule has 4 heteroatoms. The lowest BCUT2D eigenvalue weighted by molar-refractivity contribution is -0.214. The minimum Gasteiger partial charge on any atom is -0.252 e. The molecule has 0 spiro atoms. The zero-order chi connectivity index (χ0) is 11.7. The van der Waals surface area contributed by atoms with Crippen LogP contribution >= 0.6 is 0 Å². The number of azo groups is 1. The summed E-state index contributed by atoms with van der Waals surface area (Å²) >= 11 is 0. The molecule has 84 valence electrons. The van der Waals surface area contributed by atoms with Gasteiger partial charge >= 0.3 is 0 Å². The van der Waals surface area contributed by atoms with Crippen LogP contribution in [-0.2, 0) is 4.89 Å². The van der Waals surface area contributed by atoms with Gasteiger partial charge in [-0.1, -0.05) is 18.2 Å². The van der Waals surface area contributed by atoms with Gasteiger partial charge in [0.2, 0.25) is 0 Å². The van der Waals surface area contributed by atoms with Crippen LogP contribution < -0.4 is 0 Å². The number of hydrogen-bond donors (Lipinski definition) is 1. The van der Waals surface area contributed by atoms with E-state index in [1.54, 1.807) is 0 Å². The van der Waals surface area contributed by atoms with E-state index in [4.69, 9.17) is 5.26 Å². The van der Waals surface area contributed by atoms with E-state index in [-0.39, 0.29) is 5.54 Å². The number of hydrogen-bond acceptors (Lipinski definition) is 4. The predicted molar refractivity (Wildman–Crippen MR) is 60.3 cm³/mol. The molecule has 0 aliphatic rings. The quantitative estimate of drug-likeness (QED) is 0.436. The molecule has 0 heterocycles. The van der Waals surface area contributed by atoms with Crippen molar-refractivity contribution in [3.8, 4) is 0 Å². The average Bonchev–Trinajstić information content (AvgIpc) is 2.17. The van der Waals surface area contributed by atoms with Gasteiger partial charge in [-0.3, -0.25) is 5.26 Å². The fourth-order valence-corrected chi connectivity index (χ4v) is 0.702. The monoisotopic (exact) mass is 210 g/mol. The normalized spacial score (nSPS) is 11.0. The summed E-state index contributed by atoms with van der Waals surface area (Å²) in [6.45, 7) is 6.08. The van der Waals surface area contributed by atoms with Crippen LogP contribution in [0.2, 0.25) is 0 Å². The van der Waals surface area contributed by atoms with Crippen LogP contribution in [0.5, 0.6) is 0 Å². The van der Waals surface area contributed by atoms with Crippen molar-refractivity contribution in [2.24, 2.45) is 10.2 Å². The van der Waals surface area contributed by atoms with Crippen LogP contribution in [0, 0.1) is 0 Å². The van der Waals surface area contributed by atoms with E-state index in [9.17, 15) is 0 Å². The Morgan fingerprint density at radius 2 is 1.60 bits per heavy atom. The van der Waals surface area contributed by atoms with Crippen molar-refractivity contribution in [1.82, 2.24) is 0 Å². The smallest absolute Gasteiger partial charge is 0.0852 e. The molecule has 4 nitrogen and oxygen atoms in total. The Morgan fingerprint density at radius 1 is 1.13 bits per heavy atom. The van der Waals surface area contributed by atoms with Crippen LogP contribution in [0.25, 0.3) is 0 Å². The Balaban J connectivity index is 0.000000583. The second kappa shape index (κ2) is 7.09. The molecular formula is C11H18N2O2. The van der Waals surface area contributed by atoms with Gasteiger partial charge in [-0.2, -0.15) is 10.2 Å². The van der Waals surface area contributed by atoms with E-state index >= 15 is 0 Å². The third-order valence-corrected chi connectivity index (χ3v) is 1.22. The topological polar surface area (TPSA) is 54.2 Å². The summed E-state index contributed by atoms with van der Waals surface area (Å²) in [5.74, 6) is 0. The summed E-state index contributed by atoms with van der Waals surface area (Å²) in [6.07, 6.45) is 0. The molecule has 1 aromatic rings. The van der Waals surface area contributed by atoms with Crippen molar-refractivity contribution in [2.45, 2.75) is 26.3 Å². The summed E-state index contributed by atoms with van der Waals surface area (Å²) in [4.78, 5) is 3.25. The summed E-state index contributed by atoms with van der Waals surface area (Å²) in [6, 6.07) is 9.76. The standard InChI is InChI=1S/C10H14N2.CH4O2/c1-10(2,3)12-11-9-7-5-4-6-8-9;1-3-2/h4-8H,1-3H3;2H,1H3. The molecule has 0 amide bonds. The molecule has 0 bridgehead atoms. The third-order valence-electron chi connectivity index (χ3n) is 1.22. The molecule has 0 aromatic heterocycles. The summed E-state index contributed by atoms with van der Waals surface area (Å²) in [5.41, 5.74) is 0.822. The van der Waals surface area contributed by atoms with E-state index in [1.165, 1.54) is 7.11 Å². The molecule has 0 atom stereocenters. The molecule has 0 aliphatic carbocycles. The molecule has 0 unspecified atom stereocenters. The summed E-state index contributed by atoms with van der Waals surface area (Å²) in [7, 11) is 1.18. The SMILES string of the molecule is CC(C)(C)N=Nc1ccccc1.COO. The Bertz CT molecular complexity index is 278. The summed E-state index contributed by atoms with van der Waals surface area (Å²) in [5, 5.41) is 15.3. The lowest BCUT2D eigenvalue weighted by Gasteiger charge is -2.08.